The summed E-state index contributed by atoms with van der Waals surface area (Å²) in [7, 11) is 1.64. The van der Waals surface area contributed by atoms with E-state index in [4.69, 9.17) is 10.5 Å². The molecule has 0 saturated heterocycles. The zero-order valence-electron chi connectivity index (χ0n) is 28.3. The molecule has 43 heavy (non-hydrogen) atoms. The third-order valence-electron chi connectivity index (χ3n) is 9.61. The molecule has 1 atom stereocenters. The molecule has 1 amide bonds. The van der Waals surface area contributed by atoms with Crippen molar-refractivity contribution in [3.63, 3.8) is 0 Å². The highest BCUT2D eigenvalue weighted by atomic mass is 16.5. The first-order valence-electron chi connectivity index (χ1n) is 16.3. The number of aryl methyl sites for hydroxylation is 1. The number of allylic oxidation sites excluding steroid dienone is 2. The summed E-state index contributed by atoms with van der Waals surface area (Å²) in [6.45, 7) is 17.5. The minimum atomic E-state index is -0.326. The number of para-hydroxylation sites is 1. The van der Waals surface area contributed by atoms with E-state index >= 15 is 0 Å². The molecular formula is C38H55N3O2. The highest BCUT2D eigenvalue weighted by molar-refractivity contribution is 5.98. The van der Waals surface area contributed by atoms with Crippen molar-refractivity contribution in [1.82, 2.24) is 4.90 Å². The largest absolute Gasteiger partial charge is 0.488 e. The van der Waals surface area contributed by atoms with E-state index in [2.05, 4.69) is 89.0 Å². The number of rotatable bonds is 3. The summed E-state index contributed by atoms with van der Waals surface area (Å²) < 4.78 is 6.00. The second-order valence-corrected chi connectivity index (χ2v) is 14.8. The number of carbonyl (C=O) groups excluding carboxylic acids is 1. The summed E-state index contributed by atoms with van der Waals surface area (Å²) in [6, 6.07) is 15.6. The molecule has 4 aliphatic rings. The highest BCUT2D eigenvalue weighted by Gasteiger charge is 2.33. The molecule has 2 aliphatic carbocycles. The van der Waals surface area contributed by atoms with Crippen LogP contribution < -0.4 is 10.5 Å². The number of benzene rings is 2. The molecule has 234 valence electrons. The van der Waals surface area contributed by atoms with Crippen LogP contribution >= 0.6 is 0 Å². The monoisotopic (exact) mass is 585 g/mol. The van der Waals surface area contributed by atoms with E-state index in [-0.39, 0.29) is 17.0 Å². The molecule has 2 N–H and O–H groups in total. The van der Waals surface area contributed by atoms with E-state index in [0.717, 1.165) is 12.2 Å². The van der Waals surface area contributed by atoms with Crippen molar-refractivity contribution in [3.05, 3.63) is 70.3 Å². The summed E-state index contributed by atoms with van der Waals surface area (Å²) in [6.07, 6.45) is 10.7. The number of guanidine groups is 1. The maximum atomic E-state index is 11.2. The van der Waals surface area contributed by atoms with Gasteiger partial charge in [0.15, 0.2) is 5.96 Å². The Kier molecular flexibility index (Phi) is 9.83. The average Bonchev–Trinajstić information content (AvgIpc) is 3.20. The van der Waals surface area contributed by atoms with Crippen LogP contribution in [0.4, 0.5) is 0 Å². The number of nitrogens with zero attached hydrogens (tertiary/aromatic N) is 2. The van der Waals surface area contributed by atoms with E-state index in [1.807, 2.05) is 13.8 Å². The van der Waals surface area contributed by atoms with Crippen LogP contribution in [0, 0.1) is 0 Å². The minimum absolute atomic E-state index is 0.00576. The molecule has 0 spiro atoms. The molecule has 6 rings (SSSR count). The summed E-state index contributed by atoms with van der Waals surface area (Å²) in [5.41, 5.74) is 14.8. The predicted octanol–water partition coefficient (Wildman–Crippen LogP) is 8.94. The summed E-state index contributed by atoms with van der Waals surface area (Å²) in [4.78, 5) is 16.7. The SMILES string of the molecule is CC(=C1CCC1)c1ccc2c(c1)CCC2(C)C.CCCC1CC(C)(C)Oc2ccccc21.CN1C(=O)CC(C)(C)N=C1N. The fourth-order valence-corrected chi connectivity index (χ4v) is 6.81. The Balaban J connectivity index is 0.000000151. The van der Waals surface area contributed by atoms with Gasteiger partial charge in [0.25, 0.3) is 0 Å². The van der Waals surface area contributed by atoms with Gasteiger partial charge in [-0.2, -0.15) is 0 Å². The van der Waals surface area contributed by atoms with E-state index in [0.29, 0.717) is 23.7 Å². The van der Waals surface area contributed by atoms with E-state index < -0.39 is 0 Å². The maximum Gasteiger partial charge on any atom is 0.231 e. The van der Waals surface area contributed by atoms with Gasteiger partial charge in [-0.3, -0.25) is 9.69 Å². The van der Waals surface area contributed by atoms with Gasteiger partial charge in [-0.15, -0.1) is 0 Å². The van der Waals surface area contributed by atoms with Crippen LogP contribution in [0.15, 0.2) is 53.0 Å². The third kappa shape index (κ3) is 7.91. The lowest BCUT2D eigenvalue weighted by molar-refractivity contribution is -0.128. The van der Waals surface area contributed by atoms with Crippen molar-refractivity contribution in [1.29, 1.82) is 0 Å². The average molecular weight is 586 g/mol. The lowest BCUT2D eigenvalue weighted by Crippen LogP contribution is -2.47. The summed E-state index contributed by atoms with van der Waals surface area (Å²) >= 11 is 0. The Morgan fingerprint density at radius 2 is 1.74 bits per heavy atom. The molecule has 5 nitrogen and oxygen atoms in total. The normalized spacial score (nSPS) is 22.3. The minimum Gasteiger partial charge on any atom is -0.488 e. The lowest BCUT2D eigenvalue weighted by Gasteiger charge is -2.37. The van der Waals surface area contributed by atoms with Crippen molar-refractivity contribution in [3.8, 4) is 5.75 Å². The van der Waals surface area contributed by atoms with Crippen LogP contribution in [-0.4, -0.2) is 35.0 Å². The van der Waals surface area contributed by atoms with Gasteiger partial charge >= 0.3 is 0 Å². The first-order valence-corrected chi connectivity index (χ1v) is 16.3. The molecule has 0 aromatic heterocycles. The zero-order valence-corrected chi connectivity index (χ0v) is 28.3. The summed E-state index contributed by atoms with van der Waals surface area (Å²) in [5.74, 6) is 2.11. The standard InChI is InChI=1S/C17H22.C14H20O.C7H13N3O/c1-12(13-5-4-6-13)14-7-8-16-15(11-14)9-10-17(16,2)3;1-4-7-11-10-14(2,3)15-13-9-6-5-8-12(11)13;1-7(2)4-5(11)10(3)6(8)9-7/h7-8,11H,4-6,9-10H2,1-3H3;5-6,8-9,11H,4,7,10H2,1-3H3;4H2,1-3H3,(H2,8,9). The van der Waals surface area contributed by atoms with Gasteiger partial charge in [-0.1, -0.05) is 69.2 Å². The quantitative estimate of drug-likeness (QED) is 0.391. The molecule has 1 fully saturated rings. The van der Waals surface area contributed by atoms with Crippen molar-refractivity contribution in [2.45, 2.75) is 136 Å². The first kappa shape index (κ1) is 32.8. The number of fused-ring (bicyclic) bond motifs is 2. The molecule has 0 radical (unpaired) electrons. The molecule has 2 heterocycles. The Morgan fingerprint density at radius 3 is 2.37 bits per heavy atom. The fourth-order valence-electron chi connectivity index (χ4n) is 6.81. The van der Waals surface area contributed by atoms with Gasteiger partial charge in [-0.25, -0.2) is 4.99 Å². The van der Waals surface area contributed by atoms with Crippen LogP contribution in [-0.2, 0) is 16.6 Å². The van der Waals surface area contributed by atoms with E-state index in [1.165, 1.54) is 61.0 Å². The van der Waals surface area contributed by atoms with Gasteiger partial charge < -0.3 is 10.5 Å². The van der Waals surface area contributed by atoms with Crippen molar-refractivity contribution >= 4 is 17.4 Å². The maximum absolute atomic E-state index is 11.2. The number of nitrogens with two attached hydrogens (primary N) is 1. The molecule has 5 heteroatoms. The number of ether oxygens (including phenoxy) is 1. The van der Waals surface area contributed by atoms with Gasteiger partial charge in [0.1, 0.15) is 11.4 Å². The molecule has 0 bridgehead atoms. The molecule has 1 saturated carbocycles. The Bertz CT molecular complexity index is 1380. The van der Waals surface area contributed by atoms with Crippen molar-refractivity contribution in [2.75, 3.05) is 7.05 Å². The predicted molar refractivity (Wildman–Crippen MR) is 181 cm³/mol. The number of amides is 1. The van der Waals surface area contributed by atoms with Gasteiger partial charge in [-0.05, 0) is 125 Å². The second kappa shape index (κ2) is 12.9. The molecule has 2 aromatic carbocycles. The lowest BCUT2D eigenvalue weighted by atomic mass is 9.82. The van der Waals surface area contributed by atoms with Crippen LogP contribution in [0.3, 0.4) is 0 Å². The smallest absolute Gasteiger partial charge is 0.231 e. The topological polar surface area (TPSA) is 67.9 Å². The van der Waals surface area contributed by atoms with Gasteiger partial charge in [0, 0.05) is 7.05 Å². The van der Waals surface area contributed by atoms with E-state index in [9.17, 15) is 4.79 Å². The van der Waals surface area contributed by atoms with Crippen LogP contribution in [0.25, 0.3) is 5.57 Å². The number of carbonyl (C=O) groups is 1. The van der Waals surface area contributed by atoms with E-state index in [1.54, 1.807) is 29.3 Å². The van der Waals surface area contributed by atoms with Crippen molar-refractivity contribution < 1.29 is 9.53 Å². The highest BCUT2D eigenvalue weighted by Crippen LogP contribution is 2.43. The molecular weight excluding hydrogens is 530 g/mol. The molecule has 2 aliphatic heterocycles. The zero-order chi connectivity index (χ0) is 31.6. The Morgan fingerprint density at radius 1 is 1.05 bits per heavy atom. The van der Waals surface area contributed by atoms with Crippen LogP contribution in [0.1, 0.15) is 135 Å². The van der Waals surface area contributed by atoms with Crippen LogP contribution in [0.2, 0.25) is 0 Å². The van der Waals surface area contributed by atoms with Gasteiger partial charge in [0.05, 0.1) is 12.0 Å². The van der Waals surface area contributed by atoms with Crippen molar-refractivity contribution in [2.24, 2.45) is 10.7 Å². The second-order valence-electron chi connectivity index (χ2n) is 14.8. The third-order valence-corrected chi connectivity index (χ3v) is 9.61. The Hall–Kier alpha value is -3.08. The van der Waals surface area contributed by atoms with Crippen LogP contribution in [0.5, 0.6) is 5.75 Å². The van der Waals surface area contributed by atoms with Gasteiger partial charge in [0.2, 0.25) is 5.91 Å². The Labute approximate surface area is 261 Å². The number of aliphatic imine (C=N–C) groups is 1. The summed E-state index contributed by atoms with van der Waals surface area (Å²) in [5, 5.41) is 0. The molecule has 1 unspecified atom stereocenters. The number of hydrogen-bond donors (Lipinski definition) is 1. The number of hydrogen-bond acceptors (Lipinski definition) is 4. The fraction of sp³-hybridized carbons (Fsp3) is 0.579. The molecule has 2 aromatic rings. The first-order chi connectivity index (χ1) is 20.1.